The smallest absolute Gasteiger partial charge is 0.119 e. The van der Waals surface area contributed by atoms with Gasteiger partial charge >= 0.3 is 0 Å². The van der Waals surface area contributed by atoms with Crippen LogP contribution in [0.5, 0.6) is 5.75 Å². The highest BCUT2D eigenvalue weighted by molar-refractivity contribution is 5.30. The van der Waals surface area contributed by atoms with Gasteiger partial charge in [-0.15, -0.1) is 0 Å². The van der Waals surface area contributed by atoms with Crippen LogP contribution < -0.4 is 10.1 Å². The van der Waals surface area contributed by atoms with Gasteiger partial charge in [-0.1, -0.05) is 19.1 Å². The predicted octanol–water partition coefficient (Wildman–Crippen LogP) is 3.22. The zero-order valence-corrected chi connectivity index (χ0v) is 12.9. The number of likely N-dealkylation sites (tertiary alicyclic amines) is 1. The van der Waals surface area contributed by atoms with Gasteiger partial charge in [-0.05, 0) is 63.5 Å². The standard InChI is InChI=1S/C17H28N2O/c1-3-18-15(2)16-8-6-9-17(14-16)20-13-7-12-19-10-4-5-11-19/h6,8-9,14-15,18H,3-5,7,10-13H2,1-2H3. The molecule has 1 fully saturated rings. The monoisotopic (exact) mass is 276 g/mol. The summed E-state index contributed by atoms with van der Waals surface area (Å²) in [7, 11) is 0. The van der Waals surface area contributed by atoms with Gasteiger partial charge < -0.3 is 15.0 Å². The summed E-state index contributed by atoms with van der Waals surface area (Å²) in [6, 6.07) is 8.83. The molecule has 1 heterocycles. The van der Waals surface area contributed by atoms with E-state index in [1.165, 1.54) is 38.0 Å². The summed E-state index contributed by atoms with van der Waals surface area (Å²) in [5.74, 6) is 0.994. The van der Waals surface area contributed by atoms with Crippen molar-refractivity contribution >= 4 is 0 Å². The largest absolute Gasteiger partial charge is 0.494 e. The molecule has 3 heteroatoms. The summed E-state index contributed by atoms with van der Waals surface area (Å²) in [5, 5.41) is 3.43. The zero-order valence-electron chi connectivity index (χ0n) is 12.9. The third-order valence-corrected chi connectivity index (χ3v) is 3.95. The number of hydrogen-bond donors (Lipinski definition) is 1. The molecular weight excluding hydrogens is 248 g/mol. The van der Waals surface area contributed by atoms with Crippen molar-refractivity contribution in [1.29, 1.82) is 0 Å². The molecule has 1 unspecified atom stereocenters. The van der Waals surface area contributed by atoms with E-state index in [0.29, 0.717) is 6.04 Å². The summed E-state index contributed by atoms with van der Waals surface area (Å²) < 4.78 is 5.88. The molecule has 0 aromatic heterocycles. The molecule has 2 rings (SSSR count). The molecule has 1 atom stereocenters. The first-order valence-corrected chi connectivity index (χ1v) is 7.98. The Hall–Kier alpha value is -1.06. The molecule has 1 aliphatic heterocycles. The number of rotatable bonds is 8. The Balaban J connectivity index is 1.73. The van der Waals surface area contributed by atoms with Crippen LogP contribution in [0.25, 0.3) is 0 Å². The zero-order chi connectivity index (χ0) is 14.2. The molecule has 1 aliphatic rings. The first-order valence-electron chi connectivity index (χ1n) is 7.98. The van der Waals surface area contributed by atoms with Gasteiger partial charge in [0.2, 0.25) is 0 Å². The Morgan fingerprint density at radius 1 is 1.30 bits per heavy atom. The Morgan fingerprint density at radius 2 is 2.10 bits per heavy atom. The molecule has 0 amide bonds. The number of benzene rings is 1. The maximum Gasteiger partial charge on any atom is 0.119 e. The van der Waals surface area contributed by atoms with E-state index in [4.69, 9.17) is 4.74 Å². The third kappa shape index (κ3) is 4.80. The maximum atomic E-state index is 5.88. The number of nitrogens with one attached hydrogen (secondary N) is 1. The van der Waals surface area contributed by atoms with Gasteiger partial charge in [-0.2, -0.15) is 0 Å². The number of hydrogen-bond acceptors (Lipinski definition) is 3. The van der Waals surface area contributed by atoms with E-state index in [-0.39, 0.29) is 0 Å². The summed E-state index contributed by atoms with van der Waals surface area (Å²) in [6.07, 6.45) is 3.85. The molecule has 1 saturated heterocycles. The number of nitrogens with zero attached hydrogens (tertiary/aromatic N) is 1. The average Bonchev–Trinajstić information content (AvgIpc) is 2.97. The van der Waals surface area contributed by atoms with Crippen molar-refractivity contribution in [2.75, 3.05) is 32.8 Å². The van der Waals surface area contributed by atoms with Crippen LogP contribution in [0.1, 0.15) is 44.7 Å². The minimum Gasteiger partial charge on any atom is -0.494 e. The van der Waals surface area contributed by atoms with Gasteiger partial charge in [0.05, 0.1) is 6.61 Å². The van der Waals surface area contributed by atoms with E-state index in [0.717, 1.165) is 25.3 Å². The Labute approximate surface area is 123 Å². The molecule has 3 nitrogen and oxygen atoms in total. The second-order valence-corrected chi connectivity index (χ2v) is 5.60. The topological polar surface area (TPSA) is 24.5 Å². The second-order valence-electron chi connectivity index (χ2n) is 5.60. The van der Waals surface area contributed by atoms with Gasteiger partial charge in [-0.25, -0.2) is 0 Å². The van der Waals surface area contributed by atoms with Gasteiger partial charge in [0.1, 0.15) is 5.75 Å². The molecule has 0 spiro atoms. The molecule has 0 saturated carbocycles. The van der Waals surface area contributed by atoms with E-state index >= 15 is 0 Å². The SMILES string of the molecule is CCNC(C)c1cccc(OCCCN2CCCC2)c1. The van der Waals surface area contributed by atoms with Crippen LogP contribution in [0, 0.1) is 0 Å². The minimum absolute atomic E-state index is 0.383. The van der Waals surface area contributed by atoms with E-state index in [2.05, 4.69) is 48.3 Å². The number of ether oxygens (including phenoxy) is 1. The molecule has 1 aromatic carbocycles. The van der Waals surface area contributed by atoms with E-state index < -0.39 is 0 Å². The molecular formula is C17H28N2O. The van der Waals surface area contributed by atoms with Crippen molar-refractivity contribution in [3.8, 4) is 5.75 Å². The lowest BCUT2D eigenvalue weighted by Gasteiger charge is -2.16. The van der Waals surface area contributed by atoms with Gasteiger partial charge in [0.15, 0.2) is 0 Å². The van der Waals surface area contributed by atoms with Crippen LogP contribution in [0.15, 0.2) is 24.3 Å². The van der Waals surface area contributed by atoms with Crippen molar-refractivity contribution in [1.82, 2.24) is 10.2 Å². The molecule has 1 N–H and O–H groups in total. The Kier molecular flexibility index (Phi) is 6.34. The van der Waals surface area contributed by atoms with Crippen LogP contribution in [-0.4, -0.2) is 37.7 Å². The van der Waals surface area contributed by atoms with Crippen LogP contribution in [0.4, 0.5) is 0 Å². The molecule has 112 valence electrons. The van der Waals surface area contributed by atoms with Crippen molar-refractivity contribution in [2.45, 2.75) is 39.2 Å². The highest BCUT2D eigenvalue weighted by Crippen LogP contribution is 2.19. The highest BCUT2D eigenvalue weighted by atomic mass is 16.5. The van der Waals surface area contributed by atoms with Crippen LogP contribution >= 0.6 is 0 Å². The lowest BCUT2D eigenvalue weighted by atomic mass is 10.1. The van der Waals surface area contributed by atoms with E-state index in [9.17, 15) is 0 Å². The molecule has 0 aliphatic carbocycles. The molecule has 0 radical (unpaired) electrons. The van der Waals surface area contributed by atoms with Gasteiger partial charge in [0.25, 0.3) is 0 Å². The lowest BCUT2D eigenvalue weighted by Crippen LogP contribution is -2.22. The van der Waals surface area contributed by atoms with Crippen molar-refractivity contribution in [3.63, 3.8) is 0 Å². The first-order chi connectivity index (χ1) is 9.79. The molecule has 20 heavy (non-hydrogen) atoms. The predicted molar refractivity (Wildman–Crippen MR) is 84.3 cm³/mol. The quantitative estimate of drug-likeness (QED) is 0.738. The van der Waals surface area contributed by atoms with Gasteiger partial charge in [0, 0.05) is 12.6 Å². The normalized spacial score (nSPS) is 17.3. The fourth-order valence-electron chi connectivity index (χ4n) is 2.78. The summed E-state index contributed by atoms with van der Waals surface area (Å²) in [4.78, 5) is 2.53. The maximum absolute atomic E-state index is 5.88. The first kappa shape index (κ1) is 15.3. The van der Waals surface area contributed by atoms with Crippen molar-refractivity contribution in [3.05, 3.63) is 29.8 Å². The summed E-state index contributed by atoms with van der Waals surface area (Å²) >= 11 is 0. The molecule has 0 bridgehead atoms. The second kappa shape index (κ2) is 8.28. The van der Waals surface area contributed by atoms with E-state index in [1.807, 2.05) is 0 Å². The Bertz CT molecular complexity index is 388. The minimum atomic E-state index is 0.383. The summed E-state index contributed by atoms with van der Waals surface area (Å²) in [6.45, 7) is 9.85. The van der Waals surface area contributed by atoms with Crippen LogP contribution in [0.3, 0.4) is 0 Å². The fraction of sp³-hybridized carbons (Fsp3) is 0.647. The third-order valence-electron chi connectivity index (χ3n) is 3.95. The summed E-state index contributed by atoms with van der Waals surface area (Å²) in [5.41, 5.74) is 1.30. The van der Waals surface area contributed by atoms with Crippen LogP contribution in [0.2, 0.25) is 0 Å². The average molecular weight is 276 g/mol. The highest BCUT2D eigenvalue weighted by Gasteiger charge is 2.10. The van der Waals surface area contributed by atoms with E-state index in [1.54, 1.807) is 0 Å². The van der Waals surface area contributed by atoms with Crippen molar-refractivity contribution in [2.24, 2.45) is 0 Å². The fourth-order valence-corrected chi connectivity index (χ4v) is 2.78. The van der Waals surface area contributed by atoms with Gasteiger partial charge in [-0.3, -0.25) is 0 Å². The molecule has 1 aromatic rings. The van der Waals surface area contributed by atoms with Crippen molar-refractivity contribution < 1.29 is 4.74 Å². The van der Waals surface area contributed by atoms with Crippen LogP contribution in [-0.2, 0) is 0 Å². The Morgan fingerprint density at radius 3 is 2.85 bits per heavy atom. The lowest BCUT2D eigenvalue weighted by molar-refractivity contribution is 0.263.